The van der Waals surface area contributed by atoms with Crippen molar-refractivity contribution >= 4 is 11.4 Å². The minimum absolute atomic E-state index is 0.0413. The van der Waals surface area contributed by atoms with Gasteiger partial charge in [0.05, 0.1) is 34.2 Å². The number of nitro groups is 2. The predicted octanol–water partition coefficient (Wildman–Crippen LogP) is 2.29. The Kier molecular flexibility index (Phi) is 4.81. The van der Waals surface area contributed by atoms with Crippen molar-refractivity contribution in [2.45, 2.75) is 44.4 Å². The summed E-state index contributed by atoms with van der Waals surface area (Å²) in [4.78, 5) is 20.4. The molecule has 1 aliphatic carbocycles. The van der Waals surface area contributed by atoms with Crippen LogP contribution in [0.2, 0.25) is 0 Å². The van der Waals surface area contributed by atoms with Gasteiger partial charge in [-0.25, -0.2) is 0 Å². The lowest BCUT2D eigenvalue weighted by Crippen LogP contribution is -2.30. The molecule has 1 aliphatic rings. The van der Waals surface area contributed by atoms with Crippen LogP contribution in [0.25, 0.3) is 0 Å². The smallest absolute Gasteiger partial charge is 0.281 e. The molecule has 0 aliphatic heterocycles. The van der Waals surface area contributed by atoms with Crippen LogP contribution in [0.1, 0.15) is 31.2 Å². The molecule has 0 bridgehead atoms. The van der Waals surface area contributed by atoms with Gasteiger partial charge in [-0.2, -0.15) is 0 Å². The van der Waals surface area contributed by atoms with E-state index in [1.165, 1.54) is 12.1 Å². The maximum absolute atomic E-state index is 11.0. The van der Waals surface area contributed by atoms with Gasteiger partial charge in [0.25, 0.3) is 11.4 Å². The number of nitrogens with two attached hydrogens (primary N) is 1. The van der Waals surface area contributed by atoms with Crippen molar-refractivity contribution in [2.24, 2.45) is 5.73 Å². The quantitative estimate of drug-likeness (QED) is 0.657. The number of non-ortho nitro benzene ring substituents is 1. The lowest BCUT2D eigenvalue weighted by Gasteiger charge is -2.26. The number of benzene rings is 1. The van der Waals surface area contributed by atoms with E-state index in [0.717, 1.165) is 31.7 Å². The van der Waals surface area contributed by atoms with Crippen LogP contribution in [0.15, 0.2) is 18.2 Å². The van der Waals surface area contributed by atoms with Crippen LogP contribution in [0.5, 0.6) is 0 Å². The summed E-state index contributed by atoms with van der Waals surface area (Å²) < 4.78 is 5.68. The first kappa shape index (κ1) is 15.3. The van der Waals surface area contributed by atoms with E-state index in [4.69, 9.17) is 10.5 Å². The molecule has 0 saturated heterocycles. The van der Waals surface area contributed by atoms with Crippen molar-refractivity contribution in [3.63, 3.8) is 0 Å². The molecule has 2 rings (SSSR count). The van der Waals surface area contributed by atoms with Crippen molar-refractivity contribution in [3.05, 3.63) is 44.0 Å². The molecule has 1 fully saturated rings. The van der Waals surface area contributed by atoms with E-state index >= 15 is 0 Å². The summed E-state index contributed by atoms with van der Waals surface area (Å²) >= 11 is 0. The Hall–Kier alpha value is -2.06. The van der Waals surface area contributed by atoms with Crippen LogP contribution in [-0.2, 0) is 11.3 Å². The number of ether oxygens (including phenoxy) is 1. The first-order valence-electron chi connectivity index (χ1n) is 6.76. The van der Waals surface area contributed by atoms with Gasteiger partial charge in [0.1, 0.15) is 0 Å². The first-order chi connectivity index (χ1) is 9.97. The van der Waals surface area contributed by atoms with Crippen LogP contribution in [-0.4, -0.2) is 22.0 Å². The van der Waals surface area contributed by atoms with Crippen molar-refractivity contribution in [1.29, 1.82) is 0 Å². The standard InChI is InChI=1S/C13H17N3O5/c14-10-2-5-12(6-3-10)21-8-9-1-4-11(15(17)18)7-13(9)16(19)20/h1,4,7,10,12H,2-3,5-6,8,14H2. The monoisotopic (exact) mass is 295 g/mol. The zero-order chi connectivity index (χ0) is 15.4. The van der Waals surface area contributed by atoms with Gasteiger partial charge < -0.3 is 10.5 Å². The molecule has 0 radical (unpaired) electrons. The van der Waals surface area contributed by atoms with Crippen molar-refractivity contribution in [3.8, 4) is 0 Å². The van der Waals surface area contributed by atoms with Crippen molar-refractivity contribution in [1.82, 2.24) is 0 Å². The fourth-order valence-corrected chi connectivity index (χ4v) is 2.42. The average Bonchev–Trinajstić information content (AvgIpc) is 2.46. The second-order valence-electron chi connectivity index (χ2n) is 5.18. The number of hydrogen-bond acceptors (Lipinski definition) is 6. The van der Waals surface area contributed by atoms with E-state index in [-0.39, 0.29) is 30.1 Å². The van der Waals surface area contributed by atoms with Gasteiger partial charge in [-0.3, -0.25) is 20.2 Å². The average molecular weight is 295 g/mol. The van der Waals surface area contributed by atoms with E-state index < -0.39 is 9.85 Å². The van der Waals surface area contributed by atoms with E-state index in [9.17, 15) is 20.2 Å². The predicted molar refractivity (Wildman–Crippen MR) is 74.8 cm³/mol. The molecule has 1 aromatic carbocycles. The molecule has 8 nitrogen and oxygen atoms in total. The first-order valence-corrected chi connectivity index (χ1v) is 6.76. The van der Waals surface area contributed by atoms with E-state index in [1.807, 2.05) is 0 Å². The molecule has 1 aromatic rings. The number of hydrogen-bond donors (Lipinski definition) is 1. The minimum Gasteiger partial charge on any atom is -0.373 e. The van der Waals surface area contributed by atoms with Crippen molar-refractivity contribution in [2.75, 3.05) is 0 Å². The summed E-state index contributed by atoms with van der Waals surface area (Å²) in [5, 5.41) is 21.7. The maximum Gasteiger partial charge on any atom is 0.281 e. The zero-order valence-corrected chi connectivity index (χ0v) is 11.4. The van der Waals surface area contributed by atoms with Gasteiger partial charge in [-0.05, 0) is 31.7 Å². The van der Waals surface area contributed by atoms with Gasteiger partial charge in [0, 0.05) is 12.1 Å². The Morgan fingerprint density at radius 1 is 1.14 bits per heavy atom. The van der Waals surface area contributed by atoms with Gasteiger partial charge >= 0.3 is 0 Å². The molecule has 0 unspecified atom stereocenters. The highest BCUT2D eigenvalue weighted by molar-refractivity contribution is 5.48. The van der Waals surface area contributed by atoms with Crippen LogP contribution < -0.4 is 5.73 Å². The Morgan fingerprint density at radius 2 is 1.81 bits per heavy atom. The van der Waals surface area contributed by atoms with Gasteiger partial charge in [0.15, 0.2) is 0 Å². The van der Waals surface area contributed by atoms with E-state index in [1.54, 1.807) is 0 Å². The summed E-state index contributed by atoms with van der Waals surface area (Å²) in [6.45, 7) is 0.0776. The largest absolute Gasteiger partial charge is 0.373 e. The summed E-state index contributed by atoms with van der Waals surface area (Å²) in [6, 6.07) is 3.81. The molecule has 114 valence electrons. The van der Waals surface area contributed by atoms with Gasteiger partial charge in [-0.1, -0.05) is 0 Å². The van der Waals surface area contributed by atoms with Gasteiger partial charge in [-0.15, -0.1) is 0 Å². The molecular formula is C13H17N3O5. The maximum atomic E-state index is 11.0. The summed E-state index contributed by atoms with van der Waals surface area (Å²) in [5.74, 6) is 0. The Labute approximate surface area is 121 Å². The highest BCUT2D eigenvalue weighted by Crippen LogP contribution is 2.27. The molecule has 0 spiro atoms. The summed E-state index contributed by atoms with van der Waals surface area (Å²) in [7, 11) is 0. The highest BCUT2D eigenvalue weighted by atomic mass is 16.6. The molecule has 0 aromatic heterocycles. The fraction of sp³-hybridized carbons (Fsp3) is 0.538. The third-order valence-electron chi connectivity index (χ3n) is 3.67. The molecule has 0 atom stereocenters. The zero-order valence-electron chi connectivity index (χ0n) is 11.4. The highest BCUT2D eigenvalue weighted by Gasteiger charge is 2.22. The lowest BCUT2D eigenvalue weighted by molar-refractivity contribution is -0.394. The normalized spacial score (nSPS) is 22.0. The number of rotatable bonds is 5. The molecule has 21 heavy (non-hydrogen) atoms. The molecule has 1 saturated carbocycles. The topological polar surface area (TPSA) is 122 Å². The third kappa shape index (κ3) is 3.96. The van der Waals surface area contributed by atoms with E-state index in [0.29, 0.717) is 5.56 Å². The summed E-state index contributed by atoms with van der Waals surface area (Å²) in [6.07, 6.45) is 3.48. The van der Waals surface area contributed by atoms with Crippen LogP contribution >= 0.6 is 0 Å². The number of nitro benzene ring substituents is 2. The lowest BCUT2D eigenvalue weighted by atomic mass is 9.94. The van der Waals surface area contributed by atoms with E-state index in [2.05, 4.69) is 0 Å². The minimum atomic E-state index is -0.653. The Morgan fingerprint density at radius 3 is 2.38 bits per heavy atom. The Balaban J connectivity index is 2.05. The third-order valence-corrected chi connectivity index (χ3v) is 3.67. The van der Waals surface area contributed by atoms with Crippen LogP contribution in [0.4, 0.5) is 11.4 Å². The molecule has 2 N–H and O–H groups in total. The molecule has 0 amide bonds. The molecule has 0 heterocycles. The second kappa shape index (κ2) is 6.59. The van der Waals surface area contributed by atoms with Gasteiger partial charge in [0.2, 0.25) is 0 Å². The van der Waals surface area contributed by atoms with Crippen molar-refractivity contribution < 1.29 is 14.6 Å². The SMILES string of the molecule is NC1CCC(OCc2ccc([N+](=O)[O-])cc2[N+](=O)[O-])CC1. The van der Waals surface area contributed by atoms with Crippen LogP contribution in [0, 0.1) is 20.2 Å². The fourth-order valence-electron chi connectivity index (χ4n) is 2.42. The molecule has 8 heteroatoms. The van der Waals surface area contributed by atoms with Crippen LogP contribution in [0.3, 0.4) is 0 Å². The summed E-state index contributed by atoms with van der Waals surface area (Å²) in [5.41, 5.74) is 5.57. The number of nitrogens with zero attached hydrogens (tertiary/aromatic N) is 2. The Bertz CT molecular complexity index is 541. The molecular weight excluding hydrogens is 278 g/mol. The second-order valence-corrected chi connectivity index (χ2v) is 5.18.